The molecule has 1 aromatic heterocycles. The van der Waals surface area contributed by atoms with E-state index in [2.05, 4.69) is 5.32 Å². The monoisotopic (exact) mass is 457 g/mol. The highest BCUT2D eigenvalue weighted by Gasteiger charge is 2.28. The van der Waals surface area contributed by atoms with Gasteiger partial charge in [-0.15, -0.1) is 12.4 Å². The second-order valence-corrected chi connectivity index (χ2v) is 7.23. The number of aliphatic hydroxyl groups is 1. The molecule has 9 heteroatoms. The topological polar surface area (TPSA) is 71.7 Å². The highest BCUT2D eigenvalue weighted by Crippen LogP contribution is 2.34. The molecule has 2 aromatic carbocycles. The van der Waals surface area contributed by atoms with Crippen LogP contribution in [-0.4, -0.2) is 30.4 Å². The number of benzene rings is 2. The summed E-state index contributed by atoms with van der Waals surface area (Å²) in [7, 11) is 0. The fraction of sp³-hybridized carbons (Fsp3) is 0.318. The summed E-state index contributed by atoms with van der Waals surface area (Å²) in [6, 6.07) is 8.39. The van der Waals surface area contributed by atoms with Crippen LogP contribution in [0.2, 0.25) is 0 Å². The van der Waals surface area contributed by atoms with E-state index in [-0.39, 0.29) is 36.3 Å². The SMILES string of the molecule is Cc1oc2c(F)c(OCC(O)CNC(C)C)c(F)c(F)c2c(=O)c1-c1ccccc1.Cl. The lowest BCUT2D eigenvalue weighted by molar-refractivity contribution is 0.0994. The first kappa shape index (κ1) is 24.7. The van der Waals surface area contributed by atoms with Crippen LogP contribution in [0.5, 0.6) is 5.75 Å². The summed E-state index contributed by atoms with van der Waals surface area (Å²) in [6.07, 6.45) is -1.08. The molecular formula is C22H23ClF3NO4. The predicted molar refractivity (Wildman–Crippen MR) is 114 cm³/mol. The Morgan fingerprint density at radius 3 is 2.35 bits per heavy atom. The standard InChI is InChI=1S/C22H22F3NO4.ClH/c1-11(2)26-9-14(27)10-29-22-18(24)17(23)16-20(28)15(13-7-5-4-6-8-13)12(3)30-21(16)19(22)25;/h4-8,11,14,26-27H,9-10H2,1-3H3;1H. The molecular weight excluding hydrogens is 435 g/mol. The van der Waals surface area contributed by atoms with E-state index in [0.29, 0.717) is 5.56 Å². The number of rotatable bonds is 7. The summed E-state index contributed by atoms with van der Waals surface area (Å²) in [5, 5.41) is 12.0. The molecule has 0 radical (unpaired) electrons. The number of halogens is 4. The Hall–Kier alpha value is -2.55. The quantitative estimate of drug-likeness (QED) is 0.516. The predicted octanol–water partition coefficient (Wildman–Crippen LogP) is 4.35. The fourth-order valence-corrected chi connectivity index (χ4v) is 3.08. The lowest BCUT2D eigenvalue weighted by atomic mass is 10.0. The van der Waals surface area contributed by atoms with Crippen molar-refractivity contribution in [2.24, 2.45) is 0 Å². The first-order chi connectivity index (χ1) is 14.2. The second-order valence-electron chi connectivity index (χ2n) is 7.23. The summed E-state index contributed by atoms with van der Waals surface area (Å²) in [4.78, 5) is 12.9. The zero-order chi connectivity index (χ0) is 22.0. The van der Waals surface area contributed by atoms with Crippen LogP contribution < -0.4 is 15.5 Å². The first-order valence-electron chi connectivity index (χ1n) is 9.45. The van der Waals surface area contributed by atoms with E-state index < -0.39 is 52.3 Å². The van der Waals surface area contributed by atoms with Crippen molar-refractivity contribution in [3.63, 3.8) is 0 Å². The molecule has 0 aliphatic heterocycles. The van der Waals surface area contributed by atoms with E-state index in [1.165, 1.54) is 6.92 Å². The molecule has 0 aliphatic rings. The molecule has 0 fully saturated rings. The highest BCUT2D eigenvalue weighted by atomic mass is 35.5. The molecule has 0 spiro atoms. The van der Waals surface area contributed by atoms with Gasteiger partial charge in [0.25, 0.3) is 0 Å². The maximum Gasteiger partial charge on any atom is 0.211 e. The summed E-state index contributed by atoms with van der Waals surface area (Å²) >= 11 is 0. The Kier molecular flexibility index (Phi) is 8.11. The third-order valence-electron chi connectivity index (χ3n) is 4.54. The molecule has 1 heterocycles. The minimum atomic E-state index is -1.65. The maximum atomic E-state index is 14.9. The second kappa shape index (κ2) is 10.2. The lowest BCUT2D eigenvalue weighted by Crippen LogP contribution is -2.35. The number of ether oxygens (including phenoxy) is 1. The van der Waals surface area contributed by atoms with E-state index >= 15 is 0 Å². The average Bonchev–Trinajstić information content (AvgIpc) is 2.71. The molecule has 1 atom stereocenters. The highest BCUT2D eigenvalue weighted by molar-refractivity contribution is 5.85. The van der Waals surface area contributed by atoms with Crippen molar-refractivity contribution in [1.82, 2.24) is 5.32 Å². The molecule has 0 aliphatic carbocycles. The van der Waals surface area contributed by atoms with E-state index in [1.54, 1.807) is 30.3 Å². The van der Waals surface area contributed by atoms with Crippen LogP contribution in [0.3, 0.4) is 0 Å². The fourth-order valence-electron chi connectivity index (χ4n) is 3.08. The molecule has 168 valence electrons. The molecule has 5 nitrogen and oxygen atoms in total. The molecule has 0 saturated carbocycles. The van der Waals surface area contributed by atoms with Crippen LogP contribution in [0, 0.1) is 24.4 Å². The van der Waals surface area contributed by atoms with E-state index in [0.717, 1.165) is 0 Å². The van der Waals surface area contributed by atoms with Gasteiger partial charge < -0.3 is 19.6 Å². The van der Waals surface area contributed by atoms with Crippen LogP contribution in [0.1, 0.15) is 19.6 Å². The number of aryl methyl sites for hydroxylation is 1. The van der Waals surface area contributed by atoms with E-state index in [4.69, 9.17) is 9.15 Å². The van der Waals surface area contributed by atoms with Gasteiger partial charge in [-0.2, -0.15) is 8.78 Å². The molecule has 31 heavy (non-hydrogen) atoms. The van der Waals surface area contributed by atoms with Gasteiger partial charge in [0.15, 0.2) is 17.1 Å². The van der Waals surface area contributed by atoms with Crippen molar-refractivity contribution in [3.05, 3.63) is 63.8 Å². The van der Waals surface area contributed by atoms with Crippen molar-refractivity contribution in [3.8, 4) is 16.9 Å². The smallest absolute Gasteiger partial charge is 0.211 e. The van der Waals surface area contributed by atoms with Gasteiger partial charge in [-0.05, 0) is 12.5 Å². The van der Waals surface area contributed by atoms with Crippen molar-refractivity contribution in [2.75, 3.05) is 13.2 Å². The van der Waals surface area contributed by atoms with Crippen molar-refractivity contribution in [1.29, 1.82) is 0 Å². The molecule has 0 bridgehead atoms. The molecule has 2 N–H and O–H groups in total. The van der Waals surface area contributed by atoms with Gasteiger partial charge in [0.2, 0.25) is 17.1 Å². The number of hydrogen-bond donors (Lipinski definition) is 2. The summed E-state index contributed by atoms with van der Waals surface area (Å²) in [6.45, 7) is 4.79. The molecule has 0 saturated heterocycles. The lowest BCUT2D eigenvalue weighted by Gasteiger charge is -2.16. The normalized spacial score (nSPS) is 12.1. The summed E-state index contributed by atoms with van der Waals surface area (Å²) in [5.74, 6) is -5.55. The number of hydrogen-bond acceptors (Lipinski definition) is 5. The van der Waals surface area contributed by atoms with Crippen LogP contribution in [0.4, 0.5) is 13.2 Å². The Morgan fingerprint density at radius 1 is 1.10 bits per heavy atom. The number of nitrogens with one attached hydrogen (secondary N) is 1. The Balaban J connectivity index is 0.00000341. The third-order valence-corrected chi connectivity index (χ3v) is 4.54. The first-order valence-corrected chi connectivity index (χ1v) is 9.45. The van der Waals surface area contributed by atoms with Gasteiger partial charge in [0, 0.05) is 12.6 Å². The molecule has 0 amide bonds. The summed E-state index contributed by atoms with van der Waals surface area (Å²) < 4.78 is 54.6. The molecule has 1 unspecified atom stereocenters. The maximum absolute atomic E-state index is 14.9. The Bertz CT molecular complexity index is 1120. The Labute approximate surface area is 183 Å². The van der Waals surface area contributed by atoms with E-state index in [1.807, 2.05) is 13.8 Å². The van der Waals surface area contributed by atoms with Crippen LogP contribution in [0.25, 0.3) is 22.1 Å². The minimum Gasteiger partial charge on any atom is -0.485 e. The largest absolute Gasteiger partial charge is 0.485 e. The third kappa shape index (κ3) is 5.03. The zero-order valence-corrected chi connectivity index (χ0v) is 18.0. The summed E-state index contributed by atoms with van der Waals surface area (Å²) in [5.41, 5.74) is -1.17. The van der Waals surface area contributed by atoms with Gasteiger partial charge in [-0.25, -0.2) is 4.39 Å². The Morgan fingerprint density at radius 2 is 1.74 bits per heavy atom. The van der Waals surface area contributed by atoms with Gasteiger partial charge >= 0.3 is 0 Å². The van der Waals surface area contributed by atoms with Crippen LogP contribution >= 0.6 is 12.4 Å². The minimum absolute atomic E-state index is 0. The van der Waals surface area contributed by atoms with Crippen LogP contribution in [0.15, 0.2) is 39.5 Å². The van der Waals surface area contributed by atoms with Crippen LogP contribution in [-0.2, 0) is 0 Å². The molecule has 3 aromatic rings. The van der Waals surface area contributed by atoms with Gasteiger partial charge in [-0.1, -0.05) is 44.2 Å². The number of fused-ring (bicyclic) bond motifs is 1. The van der Waals surface area contributed by atoms with Gasteiger partial charge in [0.05, 0.1) is 5.56 Å². The van der Waals surface area contributed by atoms with Gasteiger partial charge in [-0.3, -0.25) is 4.79 Å². The average molecular weight is 458 g/mol. The van der Waals surface area contributed by atoms with Crippen molar-refractivity contribution >= 4 is 23.4 Å². The van der Waals surface area contributed by atoms with E-state index in [9.17, 15) is 23.1 Å². The molecule has 3 rings (SSSR count). The van der Waals surface area contributed by atoms with Crippen molar-refractivity contribution < 1.29 is 27.4 Å². The zero-order valence-electron chi connectivity index (χ0n) is 17.2. The number of aliphatic hydroxyl groups excluding tert-OH is 1. The van der Waals surface area contributed by atoms with Crippen molar-refractivity contribution in [2.45, 2.75) is 32.9 Å². The van der Waals surface area contributed by atoms with Gasteiger partial charge in [0.1, 0.15) is 23.9 Å².